The highest BCUT2D eigenvalue weighted by atomic mass is 32.2. The minimum Gasteiger partial charge on any atom is -0.290 e. The Labute approximate surface area is 129 Å². The van der Waals surface area contributed by atoms with Crippen molar-refractivity contribution in [1.82, 2.24) is 0 Å². The van der Waals surface area contributed by atoms with Gasteiger partial charge in [0, 0.05) is 5.57 Å². The van der Waals surface area contributed by atoms with Crippen molar-refractivity contribution in [3.8, 4) is 0 Å². The van der Waals surface area contributed by atoms with Crippen molar-refractivity contribution >= 4 is 21.5 Å². The molecule has 4 nitrogen and oxygen atoms in total. The zero-order valence-corrected chi connectivity index (χ0v) is 12.9. The van der Waals surface area contributed by atoms with Gasteiger partial charge in [-0.1, -0.05) is 29.8 Å². The molecule has 0 saturated heterocycles. The van der Waals surface area contributed by atoms with E-state index in [-0.39, 0.29) is 10.7 Å². The molecule has 0 saturated carbocycles. The van der Waals surface area contributed by atoms with Crippen LogP contribution in [-0.4, -0.2) is 19.9 Å². The Morgan fingerprint density at radius 2 is 1.59 bits per heavy atom. The summed E-state index contributed by atoms with van der Waals surface area (Å²) in [6.45, 7) is 1.89. The number of benzene rings is 1. The van der Waals surface area contributed by atoms with Gasteiger partial charge in [0.25, 0.3) is 10.0 Å². The number of rotatable bonds is 2. The second-order valence-corrected chi connectivity index (χ2v) is 6.90. The van der Waals surface area contributed by atoms with Crippen molar-refractivity contribution in [3.63, 3.8) is 0 Å². The molecule has 0 radical (unpaired) electrons. The average molecular weight is 313 g/mol. The molecular formula is C17H15NO3S. The Morgan fingerprint density at radius 3 is 2.27 bits per heavy atom. The Morgan fingerprint density at radius 1 is 0.955 bits per heavy atom. The van der Waals surface area contributed by atoms with Gasteiger partial charge in [-0.2, -0.15) is 12.8 Å². The zero-order valence-electron chi connectivity index (χ0n) is 12.1. The number of aryl methyl sites for hydroxylation is 1. The van der Waals surface area contributed by atoms with Gasteiger partial charge in [-0.25, -0.2) is 0 Å². The molecule has 0 heterocycles. The van der Waals surface area contributed by atoms with Crippen LogP contribution in [0.25, 0.3) is 0 Å². The number of sulfonamides is 1. The Kier molecular flexibility index (Phi) is 3.66. The van der Waals surface area contributed by atoms with Crippen LogP contribution < -0.4 is 0 Å². The van der Waals surface area contributed by atoms with Gasteiger partial charge in [0.2, 0.25) is 0 Å². The fourth-order valence-electron chi connectivity index (χ4n) is 2.49. The molecule has 0 aliphatic heterocycles. The number of carbonyl (C=O) groups is 1. The van der Waals surface area contributed by atoms with Crippen molar-refractivity contribution in [1.29, 1.82) is 0 Å². The molecular weight excluding hydrogens is 298 g/mol. The van der Waals surface area contributed by atoms with Crippen molar-refractivity contribution < 1.29 is 13.2 Å². The van der Waals surface area contributed by atoms with E-state index in [0.29, 0.717) is 29.7 Å². The van der Waals surface area contributed by atoms with E-state index < -0.39 is 10.0 Å². The van der Waals surface area contributed by atoms with Gasteiger partial charge in [-0.15, -0.1) is 0 Å². The molecule has 0 unspecified atom stereocenters. The maximum absolute atomic E-state index is 12.4. The summed E-state index contributed by atoms with van der Waals surface area (Å²) < 4.78 is 28.8. The van der Waals surface area contributed by atoms with Crippen LogP contribution in [0.15, 0.2) is 69.0 Å². The first-order valence-corrected chi connectivity index (χ1v) is 8.43. The molecule has 22 heavy (non-hydrogen) atoms. The van der Waals surface area contributed by atoms with Crippen molar-refractivity contribution in [3.05, 3.63) is 65.3 Å². The van der Waals surface area contributed by atoms with Crippen LogP contribution in [0, 0.1) is 6.92 Å². The predicted molar refractivity (Wildman–Crippen MR) is 85.3 cm³/mol. The maximum Gasteiger partial charge on any atom is 0.282 e. The molecule has 2 aliphatic rings. The minimum atomic E-state index is -3.78. The fourth-order valence-corrected chi connectivity index (χ4v) is 3.51. The summed E-state index contributed by atoms with van der Waals surface area (Å²) in [6, 6.07) is 6.56. The van der Waals surface area contributed by atoms with Gasteiger partial charge in [-0.05, 0) is 49.6 Å². The molecule has 3 rings (SSSR count). The first kappa shape index (κ1) is 14.7. The monoisotopic (exact) mass is 313 g/mol. The molecule has 0 spiro atoms. The second-order valence-electron chi connectivity index (χ2n) is 5.30. The van der Waals surface area contributed by atoms with E-state index in [1.165, 1.54) is 12.2 Å². The van der Waals surface area contributed by atoms with Gasteiger partial charge in [-0.3, -0.25) is 4.79 Å². The molecule has 1 aromatic rings. The van der Waals surface area contributed by atoms with Gasteiger partial charge in [0.05, 0.1) is 10.6 Å². The Balaban J connectivity index is 2.04. The number of carbonyl (C=O) groups excluding carboxylic acids is 1. The van der Waals surface area contributed by atoms with Crippen LogP contribution in [0.2, 0.25) is 0 Å². The van der Waals surface area contributed by atoms with E-state index in [0.717, 1.165) is 5.56 Å². The lowest BCUT2D eigenvalue weighted by atomic mass is 9.87. The smallest absolute Gasteiger partial charge is 0.282 e. The summed E-state index contributed by atoms with van der Waals surface area (Å²) in [7, 11) is -3.78. The summed E-state index contributed by atoms with van der Waals surface area (Å²) >= 11 is 0. The largest absolute Gasteiger partial charge is 0.290 e. The van der Waals surface area contributed by atoms with E-state index in [9.17, 15) is 13.2 Å². The summed E-state index contributed by atoms with van der Waals surface area (Å²) in [5.41, 5.74) is 2.70. The third-order valence-electron chi connectivity index (χ3n) is 3.71. The second kappa shape index (κ2) is 5.50. The summed E-state index contributed by atoms with van der Waals surface area (Å²) in [5, 5.41) is 0. The highest BCUT2D eigenvalue weighted by molar-refractivity contribution is 7.90. The Bertz CT molecular complexity index is 854. The van der Waals surface area contributed by atoms with Crippen LogP contribution in [0.3, 0.4) is 0 Å². The highest BCUT2D eigenvalue weighted by Crippen LogP contribution is 2.27. The van der Waals surface area contributed by atoms with E-state index in [2.05, 4.69) is 4.40 Å². The van der Waals surface area contributed by atoms with Crippen LogP contribution in [0.5, 0.6) is 0 Å². The topological polar surface area (TPSA) is 63.6 Å². The van der Waals surface area contributed by atoms with Crippen molar-refractivity contribution in [2.75, 3.05) is 0 Å². The van der Waals surface area contributed by atoms with E-state index in [1.54, 1.807) is 24.3 Å². The van der Waals surface area contributed by atoms with Gasteiger partial charge in [0.15, 0.2) is 5.78 Å². The SMILES string of the molecule is Cc1ccc(S(=O)(=O)/N=C2\C=CC(=O)C3=C2CC=CC3)cc1. The van der Waals surface area contributed by atoms with E-state index >= 15 is 0 Å². The molecule has 2 aliphatic carbocycles. The van der Waals surface area contributed by atoms with Crippen LogP contribution in [0.1, 0.15) is 18.4 Å². The van der Waals surface area contributed by atoms with Crippen molar-refractivity contribution in [2.45, 2.75) is 24.7 Å². The molecule has 0 N–H and O–H groups in total. The average Bonchev–Trinajstić information content (AvgIpc) is 2.51. The number of hydrogen-bond donors (Lipinski definition) is 0. The van der Waals surface area contributed by atoms with Crippen LogP contribution >= 0.6 is 0 Å². The first-order valence-electron chi connectivity index (χ1n) is 6.99. The van der Waals surface area contributed by atoms with Crippen LogP contribution in [-0.2, 0) is 14.8 Å². The zero-order chi connectivity index (χ0) is 15.7. The third-order valence-corrected chi connectivity index (χ3v) is 5.02. The van der Waals surface area contributed by atoms with E-state index in [1.807, 2.05) is 19.1 Å². The number of ketones is 1. The lowest BCUT2D eigenvalue weighted by Crippen LogP contribution is -2.17. The standard InChI is InChI=1S/C17H15NO3S/c1-12-6-8-13(9-7-12)22(20,21)18-16-10-11-17(19)15-5-3-2-4-14(15)16/h2-3,6-11H,4-5H2,1H3/b18-16+. The Hall–Kier alpha value is -2.27. The number of nitrogens with zero attached hydrogens (tertiary/aromatic N) is 1. The summed E-state index contributed by atoms with van der Waals surface area (Å²) in [5.74, 6) is -0.0639. The molecule has 0 fully saturated rings. The van der Waals surface area contributed by atoms with Gasteiger partial charge in [0.1, 0.15) is 0 Å². The molecule has 1 aromatic carbocycles. The summed E-state index contributed by atoms with van der Waals surface area (Å²) in [4.78, 5) is 12.0. The van der Waals surface area contributed by atoms with Gasteiger partial charge >= 0.3 is 0 Å². The molecule has 0 amide bonds. The lowest BCUT2D eigenvalue weighted by Gasteiger charge is -2.18. The number of hydrogen-bond acceptors (Lipinski definition) is 3. The quantitative estimate of drug-likeness (QED) is 0.623. The predicted octanol–water partition coefficient (Wildman–Crippen LogP) is 2.91. The molecule has 5 heteroatoms. The highest BCUT2D eigenvalue weighted by Gasteiger charge is 2.23. The maximum atomic E-state index is 12.4. The van der Waals surface area contributed by atoms with Crippen LogP contribution in [0.4, 0.5) is 0 Å². The molecule has 112 valence electrons. The lowest BCUT2D eigenvalue weighted by molar-refractivity contribution is -0.111. The van der Waals surface area contributed by atoms with E-state index in [4.69, 9.17) is 0 Å². The molecule has 0 atom stereocenters. The number of allylic oxidation sites excluding steroid dienone is 6. The fraction of sp³-hybridized carbons (Fsp3) is 0.176. The van der Waals surface area contributed by atoms with Gasteiger partial charge < -0.3 is 0 Å². The first-order chi connectivity index (χ1) is 10.5. The third kappa shape index (κ3) is 2.72. The van der Waals surface area contributed by atoms with Crippen molar-refractivity contribution in [2.24, 2.45) is 4.40 Å². The molecule has 0 aromatic heterocycles. The minimum absolute atomic E-state index is 0.0639. The normalized spacial score (nSPS) is 19.7. The molecule has 0 bridgehead atoms. The summed E-state index contributed by atoms with van der Waals surface area (Å²) in [6.07, 6.45) is 7.80.